The van der Waals surface area contributed by atoms with Crippen LogP contribution >= 0.6 is 0 Å². The van der Waals surface area contributed by atoms with Crippen LogP contribution in [0.15, 0.2) is 29.4 Å². The van der Waals surface area contributed by atoms with E-state index in [0.717, 1.165) is 16.8 Å². The fourth-order valence-electron chi connectivity index (χ4n) is 2.12. The summed E-state index contributed by atoms with van der Waals surface area (Å²) in [5.74, 6) is 0.299. The van der Waals surface area contributed by atoms with Crippen LogP contribution < -0.4 is 10.2 Å². The quantitative estimate of drug-likeness (QED) is 0.677. The summed E-state index contributed by atoms with van der Waals surface area (Å²) in [6.07, 6.45) is 1.52. The molecule has 0 spiro atoms. The Balaban J connectivity index is 1.89. The first-order valence-corrected chi connectivity index (χ1v) is 7.50. The average Bonchev–Trinajstić information content (AvgIpc) is 2.84. The van der Waals surface area contributed by atoms with Crippen LogP contribution in [0.1, 0.15) is 28.1 Å². The molecule has 1 amide bonds. The van der Waals surface area contributed by atoms with Crippen LogP contribution in [0.4, 0.5) is 0 Å². The number of benzene rings is 1. The Kier molecular flexibility index (Phi) is 5.38. The molecule has 24 heavy (non-hydrogen) atoms. The van der Waals surface area contributed by atoms with Gasteiger partial charge in [0.1, 0.15) is 17.5 Å². The Bertz CT molecular complexity index is 828. The first-order chi connectivity index (χ1) is 11.4. The van der Waals surface area contributed by atoms with Crippen molar-refractivity contribution in [3.05, 3.63) is 52.3 Å². The number of hydrogen-bond donors (Lipinski definition) is 1. The molecular formula is C18H20N4O2. The van der Waals surface area contributed by atoms with Crippen LogP contribution in [-0.2, 0) is 11.8 Å². The largest absolute Gasteiger partial charge is 0.484 e. The van der Waals surface area contributed by atoms with Gasteiger partial charge in [-0.2, -0.15) is 10.4 Å². The maximum atomic E-state index is 11.8. The Hall–Kier alpha value is -3.07. The highest BCUT2D eigenvalue weighted by atomic mass is 16.5. The molecular weight excluding hydrogens is 304 g/mol. The highest BCUT2D eigenvalue weighted by molar-refractivity contribution is 5.84. The Labute approximate surface area is 141 Å². The van der Waals surface area contributed by atoms with Crippen molar-refractivity contribution in [2.45, 2.75) is 20.8 Å². The molecule has 6 nitrogen and oxygen atoms in total. The molecule has 0 unspecified atom stereocenters. The van der Waals surface area contributed by atoms with E-state index >= 15 is 0 Å². The SMILES string of the molecule is Cc1ccc(OCC(=O)N/N=C\c2cc(C#N)n(C)c2C)cc1C. The number of aryl methyl sites for hydroxylation is 2. The summed E-state index contributed by atoms with van der Waals surface area (Å²) < 4.78 is 7.21. The van der Waals surface area contributed by atoms with Gasteiger partial charge >= 0.3 is 0 Å². The van der Waals surface area contributed by atoms with E-state index in [2.05, 4.69) is 16.6 Å². The van der Waals surface area contributed by atoms with Gasteiger partial charge in [0, 0.05) is 18.3 Å². The van der Waals surface area contributed by atoms with Crippen molar-refractivity contribution in [3.63, 3.8) is 0 Å². The topological polar surface area (TPSA) is 79.4 Å². The number of rotatable bonds is 5. The Morgan fingerprint density at radius 1 is 1.33 bits per heavy atom. The number of nitriles is 1. The maximum Gasteiger partial charge on any atom is 0.277 e. The number of nitrogens with zero attached hydrogens (tertiary/aromatic N) is 3. The predicted octanol–water partition coefficient (Wildman–Crippen LogP) is 2.35. The van der Waals surface area contributed by atoms with Crippen molar-refractivity contribution in [1.82, 2.24) is 9.99 Å². The van der Waals surface area contributed by atoms with Crippen molar-refractivity contribution in [3.8, 4) is 11.8 Å². The number of carbonyl (C=O) groups excluding carboxylic acids is 1. The lowest BCUT2D eigenvalue weighted by atomic mass is 10.1. The number of nitrogens with one attached hydrogen (secondary N) is 1. The molecule has 0 aliphatic carbocycles. The lowest BCUT2D eigenvalue weighted by molar-refractivity contribution is -0.123. The molecule has 1 aromatic heterocycles. The van der Waals surface area contributed by atoms with Crippen molar-refractivity contribution in [2.24, 2.45) is 12.1 Å². The summed E-state index contributed by atoms with van der Waals surface area (Å²) in [6, 6.07) is 9.49. The highest BCUT2D eigenvalue weighted by Crippen LogP contribution is 2.16. The summed E-state index contributed by atoms with van der Waals surface area (Å²) in [5, 5.41) is 12.9. The van der Waals surface area contributed by atoms with Crippen molar-refractivity contribution >= 4 is 12.1 Å². The molecule has 0 bridgehead atoms. The number of aromatic nitrogens is 1. The number of carbonyl (C=O) groups is 1. The predicted molar refractivity (Wildman–Crippen MR) is 92.0 cm³/mol. The summed E-state index contributed by atoms with van der Waals surface area (Å²) in [7, 11) is 1.81. The zero-order chi connectivity index (χ0) is 17.7. The van der Waals surface area contributed by atoms with Gasteiger partial charge in [0.25, 0.3) is 5.91 Å². The molecule has 2 aromatic rings. The van der Waals surface area contributed by atoms with Gasteiger partial charge in [-0.25, -0.2) is 5.43 Å². The van der Waals surface area contributed by atoms with Crippen LogP contribution in [0.3, 0.4) is 0 Å². The molecule has 1 aromatic carbocycles. The van der Waals surface area contributed by atoms with Gasteiger partial charge in [0.05, 0.1) is 6.21 Å². The van der Waals surface area contributed by atoms with E-state index in [9.17, 15) is 4.79 Å². The van der Waals surface area contributed by atoms with E-state index in [0.29, 0.717) is 11.4 Å². The minimum Gasteiger partial charge on any atom is -0.484 e. The van der Waals surface area contributed by atoms with Gasteiger partial charge in [0.15, 0.2) is 6.61 Å². The molecule has 0 aliphatic heterocycles. The van der Waals surface area contributed by atoms with Crippen LogP contribution in [0, 0.1) is 32.1 Å². The number of hydrogen-bond acceptors (Lipinski definition) is 4. The summed E-state index contributed by atoms with van der Waals surface area (Å²) in [5.41, 5.74) is 6.92. The zero-order valence-corrected chi connectivity index (χ0v) is 14.3. The third kappa shape index (κ3) is 4.02. The third-order valence-corrected chi connectivity index (χ3v) is 3.93. The van der Waals surface area contributed by atoms with Crippen LogP contribution in [0.25, 0.3) is 0 Å². The smallest absolute Gasteiger partial charge is 0.277 e. The molecule has 0 atom stereocenters. The van der Waals surface area contributed by atoms with Gasteiger partial charge in [-0.3, -0.25) is 4.79 Å². The summed E-state index contributed by atoms with van der Waals surface area (Å²) >= 11 is 0. The Morgan fingerprint density at radius 3 is 2.71 bits per heavy atom. The second kappa shape index (κ2) is 7.47. The molecule has 1 heterocycles. The van der Waals surface area contributed by atoms with Gasteiger partial charge < -0.3 is 9.30 Å². The van der Waals surface area contributed by atoms with Crippen molar-refractivity contribution in [2.75, 3.05) is 6.61 Å². The standard InChI is InChI=1S/C18H20N4O2/c1-12-5-6-17(7-13(12)2)24-11-18(23)21-20-10-15-8-16(9-19)22(4)14(15)3/h5-8,10H,11H2,1-4H3,(H,21,23)/b20-10-. The first kappa shape index (κ1) is 17.3. The van der Waals surface area contributed by atoms with Crippen LogP contribution in [-0.4, -0.2) is 23.3 Å². The number of hydrazone groups is 1. The van der Waals surface area contributed by atoms with Crippen molar-refractivity contribution < 1.29 is 9.53 Å². The first-order valence-electron chi connectivity index (χ1n) is 7.50. The molecule has 6 heteroatoms. The Morgan fingerprint density at radius 2 is 2.08 bits per heavy atom. The lowest BCUT2D eigenvalue weighted by Crippen LogP contribution is -2.24. The molecule has 0 saturated carbocycles. The minimum atomic E-state index is -0.349. The normalized spacial score (nSPS) is 10.6. The molecule has 0 fully saturated rings. The fourth-order valence-corrected chi connectivity index (χ4v) is 2.12. The number of ether oxygens (including phenoxy) is 1. The maximum absolute atomic E-state index is 11.8. The second-order valence-electron chi connectivity index (χ2n) is 5.57. The third-order valence-electron chi connectivity index (χ3n) is 3.93. The van der Waals surface area contributed by atoms with E-state index in [1.807, 2.05) is 39.0 Å². The van der Waals surface area contributed by atoms with Gasteiger partial charge in [0.2, 0.25) is 0 Å². The summed E-state index contributed by atoms with van der Waals surface area (Å²) in [4.78, 5) is 11.8. The van der Waals surface area contributed by atoms with E-state index in [-0.39, 0.29) is 12.5 Å². The van der Waals surface area contributed by atoms with E-state index < -0.39 is 0 Å². The molecule has 0 saturated heterocycles. The average molecular weight is 324 g/mol. The fraction of sp³-hybridized carbons (Fsp3) is 0.278. The minimum absolute atomic E-state index is 0.114. The van der Waals surface area contributed by atoms with Crippen molar-refractivity contribution in [1.29, 1.82) is 5.26 Å². The van der Waals surface area contributed by atoms with Gasteiger partial charge in [-0.15, -0.1) is 0 Å². The molecule has 0 radical (unpaired) electrons. The van der Waals surface area contributed by atoms with E-state index in [1.165, 1.54) is 11.8 Å². The molecule has 0 aliphatic rings. The van der Waals surface area contributed by atoms with Crippen LogP contribution in [0.2, 0.25) is 0 Å². The lowest BCUT2D eigenvalue weighted by Gasteiger charge is -2.07. The highest BCUT2D eigenvalue weighted by Gasteiger charge is 2.07. The van der Waals surface area contributed by atoms with E-state index in [1.54, 1.807) is 17.7 Å². The monoisotopic (exact) mass is 324 g/mol. The van der Waals surface area contributed by atoms with Gasteiger partial charge in [-0.1, -0.05) is 6.07 Å². The van der Waals surface area contributed by atoms with Crippen LogP contribution in [0.5, 0.6) is 5.75 Å². The molecule has 124 valence electrons. The molecule has 1 N–H and O–H groups in total. The molecule has 2 rings (SSSR count). The number of amides is 1. The summed E-state index contributed by atoms with van der Waals surface area (Å²) in [6.45, 7) is 5.78. The van der Waals surface area contributed by atoms with E-state index in [4.69, 9.17) is 10.00 Å². The van der Waals surface area contributed by atoms with Gasteiger partial charge in [-0.05, 0) is 50.1 Å². The second-order valence-corrected chi connectivity index (χ2v) is 5.57. The zero-order valence-electron chi connectivity index (χ0n) is 14.3.